The monoisotopic (exact) mass is 275 g/mol. The second-order valence-corrected chi connectivity index (χ2v) is 6.01. The molecular formula is C16H25N3O. The molecule has 1 aromatic rings. The molecule has 0 unspecified atom stereocenters. The van der Waals surface area contributed by atoms with Crippen molar-refractivity contribution in [1.29, 1.82) is 0 Å². The van der Waals surface area contributed by atoms with Crippen molar-refractivity contribution in [3.8, 4) is 0 Å². The van der Waals surface area contributed by atoms with Crippen molar-refractivity contribution in [3.63, 3.8) is 0 Å². The van der Waals surface area contributed by atoms with Crippen molar-refractivity contribution >= 4 is 11.6 Å². The molecule has 4 heteroatoms. The molecule has 0 saturated heterocycles. The summed E-state index contributed by atoms with van der Waals surface area (Å²) in [7, 11) is 0. The van der Waals surface area contributed by atoms with Gasteiger partial charge in [-0.05, 0) is 37.3 Å². The molecule has 1 heterocycles. The first-order chi connectivity index (χ1) is 9.63. The molecule has 2 rings (SSSR count). The zero-order chi connectivity index (χ0) is 14.4. The zero-order valence-electron chi connectivity index (χ0n) is 12.5. The minimum atomic E-state index is -0.111. The molecule has 1 aromatic heterocycles. The quantitative estimate of drug-likeness (QED) is 0.867. The highest BCUT2D eigenvalue weighted by molar-refractivity contribution is 5.93. The van der Waals surface area contributed by atoms with Crippen LogP contribution in [0.2, 0.25) is 0 Å². The van der Waals surface area contributed by atoms with Gasteiger partial charge in [0.2, 0.25) is 0 Å². The van der Waals surface area contributed by atoms with E-state index in [1.165, 1.54) is 32.1 Å². The average molecular weight is 275 g/mol. The van der Waals surface area contributed by atoms with Gasteiger partial charge in [0.25, 0.3) is 5.91 Å². The molecule has 0 spiro atoms. The highest BCUT2D eigenvalue weighted by Crippen LogP contribution is 2.35. The van der Waals surface area contributed by atoms with Gasteiger partial charge in [0.15, 0.2) is 0 Å². The summed E-state index contributed by atoms with van der Waals surface area (Å²) in [6.45, 7) is 5.84. The number of nitrogens with zero attached hydrogens (tertiary/aromatic N) is 1. The molecule has 0 aromatic carbocycles. The first-order valence-electron chi connectivity index (χ1n) is 7.61. The van der Waals surface area contributed by atoms with Crippen molar-refractivity contribution in [2.75, 3.05) is 18.4 Å². The van der Waals surface area contributed by atoms with Crippen LogP contribution in [0.1, 0.15) is 56.4 Å². The van der Waals surface area contributed by atoms with E-state index < -0.39 is 0 Å². The summed E-state index contributed by atoms with van der Waals surface area (Å²) < 4.78 is 0. The van der Waals surface area contributed by atoms with Gasteiger partial charge in [-0.25, -0.2) is 0 Å². The van der Waals surface area contributed by atoms with Gasteiger partial charge < -0.3 is 10.6 Å². The minimum absolute atomic E-state index is 0.111. The zero-order valence-corrected chi connectivity index (χ0v) is 12.5. The van der Waals surface area contributed by atoms with Crippen LogP contribution in [0.3, 0.4) is 0 Å². The lowest BCUT2D eigenvalue weighted by Gasteiger charge is -2.34. The van der Waals surface area contributed by atoms with Crippen LogP contribution in [0.5, 0.6) is 0 Å². The molecule has 1 fully saturated rings. The molecule has 0 atom stereocenters. The van der Waals surface area contributed by atoms with Gasteiger partial charge in [0.05, 0.1) is 0 Å². The molecule has 0 bridgehead atoms. The van der Waals surface area contributed by atoms with Gasteiger partial charge in [-0.15, -0.1) is 0 Å². The number of anilines is 1. The maximum absolute atomic E-state index is 11.8. The Hall–Kier alpha value is -1.58. The van der Waals surface area contributed by atoms with Gasteiger partial charge in [-0.2, -0.15) is 0 Å². The highest BCUT2D eigenvalue weighted by atomic mass is 16.1. The third-order valence-electron chi connectivity index (χ3n) is 4.11. The van der Waals surface area contributed by atoms with Crippen molar-refractivity contribution in [2.24, 2.45) is 5.41 Å². The number of rotatable bonds is 5. The van der Waals surface area contributed by atoms with Crippen LogP contribution >= 0.6 is 0 Å². The number of hydrogen-bond donors (Lipinski definition) is 2. The Morgan fingerprint density at radius 2 is 2.10 bits per heavy atom. The topological polar surface area (TPSA) is 54.0 Å². The van der Waals surface area contributed by atoms with Gasteiger partial charge in [-0.1, -0.05) is 26.2 Å². The molecule has 20 heavy (non-hydrogen) atoms. The fraction of sp³-hybridized carbons (Fsp3) is 0.625. The number of nitrogens with one attached hydrogen (secondary N) is 2. The Kier molecular flexibility index (Phi) is 4.99. The van der Waals surface area contributed by atoms with E-state index in [2.05, 4.69) is 22.5 Å². The SMILES string of the molecule is CCNC(=O)c1cc(NCC2(C)CCCCC2)ccn1. The molecule has 1 aliphatic carbocycles. The van der Waals surface area contributed by atoms with E-state index in [1.807, 2.05) is 19.1 Å². The number of carbonyl (C=O) groups excluding carboxylic acids is 1. The second-order valence-electron chi connectivity index (χ2n) is 6.01. The van der Waals surface area contributed by atoms with Gasteiger partial charge in [0, 0.05) is 25.0 Å². The predicted molar refractivity (Wildman–Crippen MR) is 81.9 cm³/mol. The van der Waals surface area contributed by atoms with Gasteiger partial charge in [0.1, 0.15) is 5.69 Å². The number of hydrogen-bond acceptors (Lipinski definition) is 3. The van der Waals surface area contributed by atoms with Crippen molar-refractivity contribution in [3.05, 3.63) is 24.0 Å². The average Bonchev–Trinajstić information content (AvgIpc) is 2.47. The molecule has 1 aliphatic rings. The first-order valence-corrected chi connectivity index (χ1v) is 7.61. The second kappa shape index (κ2) is 6.73. The predicted octanol–water partition coefficient (Wildman–Crippen LogP) is 3.21. The molecule has 110 valence electrons. The fourth-order valence-electron chi connectivity index (χ4n) is 2.81. The van der Waals surface area contributed by atoms with Crippen LogP contribution in [0.15, 0.2) is 18.3 Å². The van der Waals surface area contributed by atoms with Crippen molar-refractivity contribution < 1.29 is 4.79 Å². The Balaban J connectivity index is 1.95. The summed E-state index contributed by atoms with van der Waals surface area (Å²) in [5.41, 5.74) is 1.84. The standard InChI is InChI=1S/C16H25N3O/c1-3-17-15(20)14-11-13(7-10-18-14)19-12-16(2)8-5-4-6-9-16/h7,10-11H,3-6,8-9,12H2,1-2H3,(H,17,20)(H,18,19). The number of amides is 1. The van der Waals surface area contributed by atoms with Gasteiger partial charge >= 0.3 is 0 Å². The maximum atomic E-state index is 11.8. The van der Waals surface area contributed by atoms with Crippen molar-refractivity contribution in [1.82, 2.24) is 10.3 Å². The summed E-state index contributed by atoms with van der Waals surface area (Å²) in [5, 5.41) is 6.25. The molecule has 0 radical (unpaired) electrons. The van der Waals surface area contributed by atoms with E-state index in [0.29, 0.717) is 17.7 Å². The summed E-state index contributed by atoms with van der Waals surface area (Å²) in [6.07, 6.45) is 8.29. The van der Waals surface area contributed by atoms with Gasteiger partial charge in [-0.3, -0.25) is 9.78 Å². The summed E-state index contributed by atoms with van der Waals surface area (Å²) in [5.74, 6) is -0.111. The van der Waals surface area contributed by atoms with Crippen LogP contribution in [0, 0.1) is 5.41 Å². The Labute approximate surface area is 121 Å². The summed E-state index contributed by atoms with van der Waals surface area (Å²) in [6, 6.07) is 3.76. The van der Waals surface area contributed by atoms with Crippen LogP contribution in [-0.4, -0.2) is 24.0 Å². The molecule has 1 saturated carbocycles. The van der Waals surface area contributed by atoms with Crippen molar-refractivity contribution in [2.45, 2.75) is 46.0 Å². The third kappa shape index (κ3) is 3.95. The Morgan fingerprint density at radius 1 is 1.35 bits per heavy atom. The smallest absolute Gasteiger partial charge is 0.269 e. The van der Waals surface area contributed by atoms with E-state index in [9.17, 15) is 4.79 Å². The molecule has 1 amide bonds. The van der Waals surface area contributed by atoms with Crippen LogP contribution in [0.25, 0.3) is 0 Å². The lowest BCUT2D eigenvalue weighted by atomic mass is 9.76. The maximum Gasteiger partial charge on any atom is 0.269 e. The third-order valence-corrected chi connectivity index (χ3v) is 4.11. The normalized spacial score (nSPS) is 17.5. The van der Waals surface area contributed by atoms with E-state index >= 15 is 0 Å². The molecule has 4 nitrogen and oxygen atoms in total. The van der Waals surface area contributed by atoms with E-state index in [-0.39, 0.29) is 5.91 Å². The molecule has 0 aliphatic heterocycles. The summed E-state index contributed by atoms with van der Waals surface area (Å²) in [4.78, 5) is 15.9. The minimum Gasteiger partial charge on any atom is -0.384 e. The van der Waals surface area contributed by atoms with E-state index in [4.69, 9.17) is 0 Å². The highest BCUT2D eigenvalue weighted by Gasteiger charge is 2.26. The number of pyridine rings is 1. The lowest BCUT2D eigenvalue weighted by Crippen LogP contribution is -2.29. The molecule has 2 N–H and O–H groups in total. The number of aromatic nitrogens is 1. The Bertz CT molecular complexity index is 453. The van der Waals surface area contributed by atoms with Crippen LogP contribution in [0.4, 0.5) is 5.69 Å². The number of carbonyl (C=O) groups is 1. The largest absolute Gasteiger partial charge is 0.384 e. The van der Waals surface area contributed by atoms with Crippen LogP contribution in [-0.2, 0) is 0 Å². The van der Waals surface area contributed by atoms with Crippen LogP contribution < -0.4 is 10.6 Å². The first kappa shape index (κ1) is 14.8. The lowest BCUT2D eigenvalue weighted by molar-refractivity contribution is 0.0951. The Morgan fingerprint density at radius 3 is 2.80 bits per heavy atom. The summed E-state index contributed by atoms with van der Waals surface area (Å²) >= 11 is 0. The van der Waals surface area contributed by atoms with E-state index in [0.717, 1.165) is 12.2 Å². The molecular weight excluding hydrogens is 250 g/mol. The fourth-order valence-corrected chi connectivity index (χ4v) is 2.81. The van der Waals surface area contributed by atoms with E-state index in [1.54, 1.807) is 6.20 Å².